The maximum absolute atomic E-state index is 12.4. The second-order valence-corrected chi connectivity index (χ2v) is 7.75. The van der Waals surface area contributed by atoms with Crippen LogP contribution in [0.4, 0.5) is 0 Å². The van der Waals surface area contributed by atoms with Crippen molar-refractivity contribution in [3.8, 4) is 5.75 Å². The molecule has 0 N–H and O–H groups in total. The first kappa shape index (κ1) is 20.2. The minimum absolute atomic E-state index is 0.0624. The molecular weight excluding hydrogens is 368 g/mol. The number of methoxy groups -OCH3 is 1. The maximum Gasteiger partial charge on any atom is 0.257 e. The second-order valence-electron chi connectivity index (χ2n) is 6.81. The van der Waals surface area contributed by atoms with Gasteiger partial charge in [-0.15, -0.1) is 0 Å². The predicted octanol–water partition coefficient (Wildman–Crippen LogP) is 4.54. The van der Waals surface area contributed by atoms with Crippen LogP contribution in [0, 0.1) is 6.92 Å². The van der Waals surface area contributed by atoms with E-state index in [9.17, 15) is 4.79 Å². The molecule has 0 fully saturated rings. The van der Waals surface area contributed by atoms with E-state index in [1.54, 1.807) is 30.5 Å². The Labute approximate surface area is 170 Å². The van der Waals surface area contributed by atoms with Crippen molar-refractivity contribution >= 4 is 11.8 Å². The number of aromatic nitrogens is 2. The van der Waals surface area contributed by atoms with E-state index in [0.29, 0.717) is 6.42 Å². The number of ether oxygens (including phenoxy) is 1. The van der Waals surface area contributed by atoms with Crippen molar-refractivity contribution in [1.82, 2.24) is 9.55 Å². The lowest BCUT2D eigenvalue weighted by Gasteiger charge is -2.11. The summed E-state index contributed by atoms with van der Waals surface area (Å²) in [5.41, 5.74) is 5.45. The van der Waals surface area contributed by atoms with Crippen LogP contribution in [0.5, 0.6) is 5.75 Å². The Morgan fingerprint density at radius 2 is 1.57 bits per heavy atom. The third kappa shape index (κ3) is 4.65. The number of hydrogen-bond acceptors (Lipinski definition) is 4. The highest BCUT2D eigenvalue weighted by Gasteiger charge is 2.11. The van der Waals surface area contributed by atoms with E-state index in [2.05, 4.69) is 41.4 Å². The molecule has 0 radical (unpaired) electrons. The normalized spacial score (nSPS) is 10.9. The topological polar surface area (TPSA) is 44.1 Å². The maximum atomic E-state index is 12.4. The second kappa shape index (κ2) is 9.11. The van der Waals surface area contributed by atoms with Crippen LogP contribution in [0.3, 0.4) is 0 Å². The van der Waals surface area contributed by atoms with Crippen LogP contribution in [0.1, 0.15) is 34.9 Å². The van der Waals surface area contributed by atoms with Gasteiger partial charge in [0.1, 0.15) is 5.75 Å². The minimum atomic E-state index is 0.0624. The van der Waals surface area contributed by atoms with Gasteiger partial charge < -0.3 is 4.74 Å². The quantitative estimate of drug-likeness (QED) is 0.436. The Kier molecular flexibility index (Phi) is 6.57. The van der Waals surface area contributed by atoms with E-state index >= 15 is 0 Å². The molecule has 0 bridgehead atoms. The van der Waals surface area contributed by atoms with Gasteiger partial charge in [0.2, 0.25) is 0 Å². The van der Waals surface area contributed by atoms with Gasteiger partial charge in [0.05, 0.1) is 7.11 Å². The summed E-state index contributed by atoms with van der Waals surface area (Å²) in [6.45, 7) is 3.91. The highest BCUT2D eigenvalue weighted by Crippen LogP contribution is 2.22. The summed E-state index contributed by atoms with van der Waals surface area (Å²) in [5.74, 6) is 1.66. The van der Waals surface area contributed by atoms with E-state index in [1.807, 2.05) is 26.0 Å². The van der Waals surface area contributed by atoms with Gasteiger partial charge in [0.15, 0.2) is 5.16 Å². The molecule has 4 nitrogen and oxygen atoms in total. The van der Waals surface area contributed by atoms with Gasteiger partial charge in [-0.25, -0.2) is 4.98 Å². The molecule has 2 aromatic carbocycles. The molecule has 28 heavy (non-hydrogen) atoms. The molecule has 3 aromatic rings. The molecule has 146 valence electrons. The Morgan fingerprint density at radius 3 is 2.14 bits per heavy atom. The molecule has 0 aliphatic rings. The van der Waals surface area contributed by atoms with Crippen molar-refractivity contribution in [3.05, 3.63) is 86.8 Å². The fourth-order valence-corrected chi connectivity index (χ4v) is 4.11. The summed E-state index contributed by atoms with van der Waals surface area (Å²) in [4.78, 5) is 17.0. The zero-order chi connectivity index (χ0) is 20.1. The van der Waals surface area contributed by atoms with Crippen LogP contribution in [0.15, 0.2) is 58.5 Å². The molecule has 0 atom stereocenters. The van der Waals surface area contributed by atoms with Crippen LogP contribution in [-0.2, 0) is 25.6 Å². The Balaban J connectivity index is 1.65. The van der Waals surface area contributed by atoms with Crippen LogP contribution in [-0.4, -0.2) is 16.7 Å². The van der Waals surface area contributed by atoms with Crippen LogP contribution in [0.25, 0.3) is 0 Å². The van der Waals surface area contributed by atoms with Crippen LogP contribution >= 0.6 is 11.8 Å². The van der Waals surface area contributed by atoms with Crippen molar-refractivity contribution < 1.29 is 4.74 Å². The van der Waals surface area contributed by atoms with Crippen molar-refractivity contribution in [2.24, 2.45) is 7.05 Å². The lowest BCUT2D eigenvalue weighted by atomic mass is 10.0. The molecule has 5 heteroatoms. The summed E-state index contributed by atoms with van der Waals surface area (Å²) in [5, 5.41) is 0.766. The van der Waals surface area contributed by atoms with E-state index in [-0.39, 0.29) is 5.56 Å². The highest BCUT2D eigenvalue weighted by molar-refractivity contribution is 7.98. The molecule has 0 amide bonds. The monoisotopic (exact) mass is 394 g/mol. The number of rotatable bonds is 7. The molecule has 1 heterocycles. The van der Waals surface area contributed by atoms with E-state index < -0.39 is 0 Å². The van der Waals surface area contributed by atoms with Gasteiger partial charge in [0, 0.05) is 24.1 Å². The lowest BCUT2D eigenvalue weighted by Crippen LogP contribution is -2.25. The number of thioether (sulfide) groups is 1. The Hall–Kier alpha value is -2.53. The number of aryl methyl sites for hydroxylation is 1. The lowest BCUT2D eigenvalue weighted by molar-refractivity contribution is 0.414. The van der Waals surface area contributed by atoms with Crippen molar-refractivity contribution in [1.29, 1.82) is 0 Å². The molecular formula is C23H26N2O2S. The number of benzene rings is 2. The zero-order valence-corrected chi connectivity index (χ0v) is 17.7. The van der Waals surface area contributed by atoms with Gasteiger partial charge in [-0.3, -0.25) is 9.36 Å². The third-order valence-corrected chi connectivity index (χ3v) is 5.96. The molecule has 0 aliphatic heterocycles. The van der Waals surface area contributed by atoms with E-state index in [0.717, 1.165) is 34.3 Å². The summed E-state index contributed by atoms with van der Waals surface area (Å²) in [6, 6.07) is 16.8. The van der Waals surface area contributed by atoms with E-state index in [4.69, 9.17) is 4.74 Å². The van der Waals surface area contributed by atoms with Gasteiger partial charge in [-0.2, -0.15) is 0 Å². The fraction of sp³-hybridized carbons (Fsp3) is 0.304. The highest BCUT2D eigenvalue weighted by atomic mass is 32.2. The molecule has 0 spiro atoms. The molecule has 0 saturated heterocycles. The van der Waals surface area contributed by atoms with Crippen molar-refractivity contribution in [2.45, 2.75) is 37.6 Å². The zero-order valence-electron chi connectivity index (χ0n) is 16.9. The minimum Gasteiger partial charge on any atom is -0.497 e. The first-order valence-electron chi connectivity index (χ1n) is 9.41. The Morgan fingerprint density at radius 1 is 1.00 bits per heavy atom. The third-order valence-electron chi connectivity index (χ3n) is 4.86. The first-order chi connectivity index (χ1) is 13.5. The SMILES string of the molecule is CCc1c(C)nc(SCc2ccc(Cc3ccc(OC)cc3)cc2)n(C)c1=O. The largest absolute Gasteiger partial charge is 0.497 e. The standard InChI is InChI=1S/C23H26N2O2S/c1-5-21-16(2)24-23(25(3)22(21)26)28-15-19-8-6-17(7-9-19)14-18-10-12-20(27-4)13-11-18/h6-13H,5,14-15H2,1-4H3. The molecule has 0 aliphatic carbocycles. The van der Waals surface area contributed by atoms with E-state index in [1.165, 1.54) is 16.7 Å². The Bertz CT molecular complexity index is 993. The molecule has 3 rings (SSSR count). The average molecular weight is 395 g/mol. The molecule has 1 aromatic heterocycles. The van der Waals surface area contributed by atoms with Gasteiger partial charge in [-0.05, 0) is 48.6 Å². The van der Waals surface area contributed by atoms with Gasteiger partial charge >= 0.3 is 0 Å². The van der Waals surface area contributed by atoms with Crippen LogP contribution in [0.2, 0.25) is 0 Å². The summed E-state index contributed by atoms with van der Waals surface area (Å²) < 4.78 is 6.87. The fourth-order valence-electron chi connectivity index (χ4n) is 3.15. The average Bonchev–Trinajstić information content (AvgIpc) is 2.71. The van der Waals surface area contributed by atoms with Gasteiger partial charge in [-0.1, -0.05) is 55.1 Å². The smallest absolute Gasteiger partial charge is 0.257 e. The summed E-state index contributed by atoms with van der Waals surface area (Å²) in [6.07, 6.45) is 1.61. The molecule has 0 unspecified atom stereocenters. The summed E-state index contributed by atoms with van der Waals surface area (Å²) in [7, 11) is 3.48. The number of nitrogens with zero attached hydrogens (tertiary/aromatic N) is 2. The van der Waals surface area contributed by atoms with Gasteiger partial charge in [0.25, 0.3) is 5.56 Å². The molecule has 0 saturated carbocycles. The number of hydrogen-bond donors (Lipinski definition) is 0. The van der Waals surface area contributed by atoms with Crippen molar-refractivity contribution in [3.63, 3.8) is 0 Å². The predicted molar refractivity (Wildman–Crippen MR) is 115 cm³/mol. The van der Waals surface area contributed by atoms with Crippen LogP contribution < -0.4 is 10.3 Å². The summed E-state index contributed by atoms with van der Waals surface area (Å²) >= 11 is 1.60. The van der Waals surface area contributed by atoms with Crippen molar-refractivity contribution in [2.75, 3.05) is 7.11 Å². The first-order valence-corrected chi connectivity index (χ1v) is 10.4.